The van der Waals surface area contributed by atoms with Crippen LogP contribution in [0.1, 0.15) is 40.5 Å². The Bertz CT molecular complexity index is 365. The molecule has 1 aliphatic rings. The lowest BCUT2D eigenvalue weighted by atomic mass is 9.73. The van der Waals surface area contributed by atoms with Gasteiger partial charge in [0, 0.05) is 31.6 Å². The van der Waals surface area contributed by atoms with Crippen LogP contribution in [0.4, 0.5) is 0 Å². The van der Waals surface area contributed by atoms with Gasteiger partial charge in [0.25, 0.3) is 0 Å². The molecular formula is C13H24N2O4. The summed E-state index contributed by atoms with van der Waals surface area (Å²) in [7, 11) is 0. The molecule has 0 aliphatic carbocycles. The van der Waals surface area contributed by atoms with Crippen LogP contribution in [0.5, 0.6) is 0 Å². The smallest absolute Gasteiger partial charge is 0.329 e. The number of nitrogens with two attached hydrogens (primary N) is 1. The lowest BCUT2D eigenvalue weighted by Crippen LogP contribution is -2.64. The molecule has 1 amide bonds. The Kier molecular flexibility index (Phi) is 4.27. The number of hydrogen-bond acceptors (Lipinski definition) is 4. The highest BCUT2D eigenvalue weighted by Crippen LogP contribution is 2.31. The first kappa shape index (κ1) is 15.9. The summed E-state index contributed by atoms with van der Waals surface area (Å²) in [5, 5.41) is 12.1. The number of amides is 1. The number of carboxylic acids is 1. The molecular weight excluding hydrogens is 248 g/mol. The van der Waals surface area contributed by atoms with Crippen LogP contribution in [0.15, 0.2) is 0 Å². The van der Waals surface area contributed by atoms with Gasteiger partial charge in [-0.05, 0) is 27.7 Å². The van der Waals surface area contributed by atoms with Gasteiger partial charge in [-0.2, -0.15) is 0 Å². The molecule has 0 unspecified atom stereocenters. The number of carboxylic acid groups (broad SMARTS) is 1. The van der Waals surface area contributed by atoms with Gasteiger partial charge < -0.3 is 20.9 Å². The summed E-state index contributed by atoms with van der Waals surface area (Å²) < 4.78 is 5.17. The van der Waals surface area contributed by atoms with Gasteiger partial charge in [-0.25, -0.2) is 4.79 Å². The Labute approximate surface area is 113 Å². The Morgan fingerprint density at radius 3 is 2.05 bits per heavy atom. The van der Waals surface area contributed by atoms with E-state index in [1.54, 1.807) is 27.7 Å². The van der Waals surface area contributed by atoms with Gasteiger partial charge in [-0.15, -0.1) is 0 Å². The zero-order chi connectivity index (χ0) is 14.9. The zero-order valence-electron chi connectivity index (χ0n) is 12.1. The summed E-state index contributed by atoms with van der Waals surface area (Å²) in [5.41, 5.74) is 3.15. The average molecular weight is 272 g/mol. The highest BCUT2D eigenvalue weighted by Gasteiger charge is 2.47. The number of aliphatic carboxylic acids is 1. The van der Waals surface area contributed by atoms with E-state index < -0.39 is 22.5 Å². The Morgan fingerprint density at radius 1 is 1.21 bits per heavy atom. The lowest BCUT2D eigenvalue weighted by Gasteiger charge is -2.41. The van der Waals surface area contributed by atoms with Crippen LogP contribution in [0, 0.1) is 5.41 Å². The molecule has 0 aromatic carbocycles. The van der Waals surface area contributed by atoms with Gasteiger partial charge in [-0.1, -0.05) is 0 Å². The third kappa shape index (κ3) is 3.06. The predicted molar refractivity (Wildman–Crippen MR) is 70.6 cm³/mol. The van der Waals surface area contributed by atoms with E-state index in [0.29, 0.717) is 13.2 Å². The fourth-order valence-corrected chi connectivity index (χ4v) is 1.78. The molecule has 0 bridgehead atoms. The number of nitrogens with one attached hydrogen (secondary N) is 1. The second-order valence-electron chi connectivity index (χ2n) is 6.30. The molecule has 110 valence electrons. The van der Waals surface area contributed by atoms with E-state index in [4.69, 9.17) is 10.5 Å². The van der Waals surface area contributed by atoms with E-state index in [1.807, 2.05) is 0 Å². The van der Waals surface area contributed by atoms with Gasteiger partial charge in [0.2, 0.25) is 5.91 Å². The second-order valence-corrected chi connectivity index (χ2v) is 6.30. The average Bonchev–Trinajstić information content (AvgIpc) is 2.28. The molecule has 1 heterocycles. The number of rotatable bonds is 4. The first-order valence-corrected chi connectivity index (χ1v) is 6.45. The minimum absolute atomic E-state index is 0.273. The van der Waals surface area contributed by atoms with E-state index >= 15 is 0 Å². The van der Waals surface area contributed by atoms with Gasteiger partial charge in [0.1, 0.15) is 5.54 Å². The number of carbonyl (C=O) groups is 2. The summed E-state index contributed by atoms with van der Waals surface area (Å²) in [6.45, 7) is 7.61. The molecule has 0 radical (unpaired) electrons. The van der Waals surface area contributed by atoms with Crippen molar-refractivity contribution < 1.29 is 19.4 Å². The molecule has 1 fully saturated rings. The second kappa shape index (κ2) is 5.09. The summed E-state index contributed by atoms with van der Waals surface area (Å²) in [4.78, 5) is 23.9. The van der Waals surface area contributed by atoms with Gasteiger partial charge in [0.15, 0.2) is 0 Å². The quantitative estimate of drug-likeness (QED) is 0.691. The lowest BCUT2D eigenvalue weighted by molar-refractivity contribution is -0.154. The van der Waals surface area contributed by atoms with Crippen molar-refractivity contribution in [1.29, 1.82) is 0 Å². The molecule has 19 heavy (non-hydrogen) atoms. The van der Waals surface area contributed by atoms with Crippen LogP contribution in [-0.2, 0) is 14.3 Å². The first-order chi connectivity index (χ1) is 8.53. The standard InChI is InChI=1S/C13H24N2O4/c1-11(2,12(3,4)14)9(16)15-13(10(17)18)5-7-19-8-6-13/h5-8,14H2,1-4H3,(H,15,16)(H,17,18). The topological polar surface area (TPSA) is 102 Å². The van der Waals surface area contributed by atoms with Gasteiger partial charge >= 0.3 is 5.97 Å². The van der Waals surface area contributed by atoms with Crippen LogP contribution in [0.25, 0.3) is 0 Å². The number of ether oxygens (including phenoxy) is 1. The molecule has 0 saturated carbocycles. The van der Waals surface area contributed by atoms with Crippen molar-refractivity contribution >= 4 is 11.9 Å². The third-order valence-electron chi connectivity index (χ3n) is 4.29. The summed E-state index contributed by atoms with van der Waals surface area (Å²) >= 11 is 0. The van der Waals surface area contributed by atoms with Crippen LogP contribution in [-0.4, -0.2) is 41.3 Å². The van der Waals surface area contributed by atoms with Crippen LogP contribution in [0.3, 0.4) is 0 Å². The van der Waals surface area contributed by atoms with Crippen molar-refractivity contribution in [3.05, 3.63) is 0 Å². The predicted octanol–water partition coefficient (Wildman–Crippen LogP) is 0.500. The number of carbonyl (C=O) groups excluding carboxylic acids is 1. The third-order valence-corrected chi connectivity index (χ3v) is 4.29. The summed E-state index contributed by atoms with van der Waals surface area (Å²) in [6, 6.07) is 0. The maximum absolute atomic E-state index is 12.4. The monoisotopic (exact) mass is 272 g/mol. The maximum Gasteiger partial charge on any atom is 0.329 e. The van der Waals surface area contributed by atoms with E-state index in [1.165, 1.54) is 0 Å². The largest absolute Gasteiger partial charge is 0.480 e. The highest BCUT2D eigenvalue weighted by molar-refractivity contribution is 5.90. The molecule has 1 rings (SSSR count). The SMILES string of the molecule is CC(C)(N)C(C)(C)C(=O)NC1(C(=O)O)CCOCC1. The zero-order valence-corrected chi connectivity index (χ0v) is 12.1. The summed E-state index contributed by atoms with van der Waals surface area (Å²) in [6.07, 6.45) is 0.546. The minimum atomic E-state index is -1.24. The molecule has 6 heteroatoms. The van der Waals surface area contributed by atoms with E-state index in [0.717, 1.165) is 0 Å². The van der Waals surface area contributed by atoms with E-state index in [-0.39, 0.29) is 18.7 Å². The summed E-state index contributed by atoms with van der Waals surface area (Å²) in [5.74, 6) is -1.36. The highest BCUT2D eigenvalue weighted by atomic mass is 16.5. The van der Waals surface area contributed by atoms with Crippen LogP contribution >= 0.6 is 0 Å². The molecule has 4 N–H and O–H groups in total. The Morgan fingerprint density at radius 2 is 1.68 bits per heavy atom. The van der Waals surface area contributed by atoms with Crippen LogP contribution in [0.2, 0.25) is 0 Å². The van der Waals surface area contributed by atoms with Gasteiger partial charge in [0.05, 0.1) is 5.41 Å². The van der Waals surface area contributed by atoms with Crippen LogP contribution < -0.4 is 11.1 Å². The van der Waals surface area contributed by atoms with Crippen molar-refractivity contribution in [3.8, 4) is 0 Å². The van der Waals surface area contributed by atoms with Crippen molar-refractivity contribution in [2.24, 2.45) is 11.1 Å². The fourth-order valence-electron chi connectivity index (χ4n) is 1.78. The Hall–Kier alpha value is -1.14. The molecule has 0 aromatic heterocycles. The Balaban J connectivity index is 2.92. The molecule has 1 aliphatic heterocycles. The van der Waals surface area contributed by atoms with Crippen molar-refractivity contribution in [2.75, 3.05) is 13.2 Å². The van der Waals surface area contributed by atoms with Gasteiger partial charge in [-0.3, -0.25) is 4.79 Å². The molecule has 0 aromatic rings. The maximum atomic E-state index is 12.4. The normalized spacial score (nSPS) is 19.8. The minimum Gasteiger partial charge on any atom is -0.480 e. The molecule has 0 atom stereocenters. The van der Waals surface area contributed by atoms with Crippen molar-refractivity contribution in [1.82, 2.24) is 5.32 Å². The van der Waals surface area contributed by atoms with Crippen molar-refractivity contribution in [2.45, 2.75) is 51.6 Å². The molecule has 1 saturated heterocycles. The molecule has 0 spiro atoms. The van der Waals surface area contributed by atoms with E-state index in [2.05, 4.69) is 5.32 Å². The number of hydrogen-bond donors (Lipinski definition) is 3. The van der Waals surface area contributed by atoms with E-state index in [9.17, 15) is 14.7 Å². The molecule has 6 nitrogen and oxygen atoms in total. The fraction of sp³-hybridized carbons (Fsp3) is 0.846. The van der Waals surface area contributed by atoms with Crippen molar-refractivity contribution in [3.63, 3.8) is 0 Å². The first-order valence-electron chi connectivity index (χ1n) is 6.45.